The summed E-state index contributed by atoms with van der Waals surface area (Å²) >= 11 is 0. The smallest absolute Gasteiger partial charge is 0.311 e. The fourth-order valence-corrected chi connectivity index (χ4v) is 2.24. The van der Waals surface area contributed by atoms with E-state index in [4.69, 9.17) is 0 Å². The molecule has 0 aliphatic heterocycles. The van der Waals surface area contributed by atoms with Gasteiger partial charge in [0.15, 0.2) is 0 Å². The molecular weight excluding hydrogens is 266 g/mol. The second-order valence-corrected chi connectivity index (χ2v) is 5.98. The molecule has 1 aromatic carbocycles. The van der Waals surface area contributed by atoms with Gasteiger partial charge in [-0.1, -0.05) is 51.1 Å². The minimum Gasteiger partial charge on any atom is -0.357 e. The Labute approximate surface area is 124 Å². The lowest BCUT2D eigenvalue weighted by atomic mass is 9.82. The zero-order valence-corrected chi connectivity index (χ0v) is 12.4. The Morgan fingerprint density at radius 1 is 1.14 bits per heavy atom. The van der Waals surface area contributed by atoms with Crippen molar-refractivity contribution in [1.82, 2.24) is 4.98 Å². The zero-order valence-electron chi connectivity index (χ0n) is 12.4. The van der Waals surface area contributed by atoms with E-state index in [9.17, 15) is 10.1 Å². The molecule has 0 saturated heterocycles. The lowest BCUT2D eigenvalue weighted by molar-refractivity contribution is -0.384. The van der Waals surface area contributed by atoms with Crippen LogP contribution in [-0.4, -0.2) is 9.91 Å². The van der Waals surface area contributed by atoms with Gasteiger partial charge in [-0.2, -0.15) is 0 Å². The minimum atomic E-state index is -0.417. The predicted octanol–water partition coefficient (Wildman–Crippen LogP) is 4.19. The van der Waals surface area contributed by atoms with Crippen molar-refractivity contribution in [2.24, 2.45) is 5.41 Å². The Morgan fingerprint density at radius 2 is 1.81 bits per heavy atom. The van der Waals surface area contributed by atoms with E-state index in [0.29, 0.717) is 5.82 Å². The van der Waals surface area contributed by atoms with Crippen LogP contribution in [0.1, 0.15) is 32.4 Å². The van der Waals surface area contributed by atoms with Crippen molar-refractivity contribution in [2.75, 3.05) is 5.32 Å². The quantitative estimate of drug-likeness (QED) is 0.675. The molecule has 2 aromatic rings. The van der Waals surface area contributed by atoms with E-state index in [1.165, 1.54) is 6.07 Å². The summed E-state index contributed by atoms with van der Waals surface area (Å²) in [7, 11) is 0. The molecule has 0 amide bonds. The van der Waals surface area contributed by atoms with Crippen molar-refractivity contribution < 1.29 is 4.92 Å². The highest BCUT2D eigenvalue weighted by Gasteiger charge is 2.28. The fraction of sp³-hybridized carbons (Fsp3) is 0.312. The van der Waals surface area contributed by atoms with Crippen LogP contribution in [0.15, 0.2) is 48.7 Å². The van der Waals surface area contributed by atoms with E-state index in [0.717, 1.165) is 5.56 Å². The maximum absolute atomic E-state index is 11.1. The van der Waals surface area contributed by atoms with Crippen LogP contribution in [-0.2, 0) is 0 Å². The summed E-state index contributed by atoms with van der Waals surface area (Å²) in [4.78, 5) is 14.8. The predicted molar refractivity (Wildman–Crippen MR) is 83.2 cm³/mol. The van der Waals surface area contributed by atoms with E-state index in [1.807, 2.05) is 30.3 Å². The van der Waals surface area contributed by atoms with Crippen molar-refractivity contribution in [1.29, 1.82) is 0 Å². The highest BCUT2D eigenvalue weighted by molar-refractivity contribution is 5.56. The SMILES string of the molecule is CC(C)(C)C(Nc1ncccc1[N+](=O)[O-])c1ccccc1. The van der Waals surface area contributed by atoms with Gasteiger partial charge in [0.05, 0.1) is 11.0 Å². The molecule has 110 valence electrons. The first-order valence-electron chi connectivity index (χ1n) is 6.80. The van der Waals surface area contributed by atoms with E-state index in [1.54, 1.807) is 12.3 Å². The number of benzene rings is 1. The number of anilines is 1. The first kappa shape index (κ1) is 15.0. The van der Waals surface area contributed by atoms with Crippen LogP contribution in [0, 0.1) is 15.5 Å². The van der Waals surface area contributed by atoms with Crippen molar-refractivity contribution in [3.8, 4) is 0 Å². The third kappa shape index (κ3) is 3.56. The Morgan fingerprint density at radius 3 is 2.38 bits per heavy atom. The van der Waals surface area contributed by atoms with Crippen molar-refractivity contribution in [3.05, 3.63) is 64.3 Å². The Balaban J connectivity index is 2.40. The summed E-state index contributed by atoms with van der Waals surface area (Å²) in [6, 6.07) is 12.8. The Bertz CT molecular complexity index is 621. The molecule has 5 nitrogen and oxygen atoms in total. The molecule has 5 heteroatoms. The first-order valence-corrected chi connectivity index (χ1v) is 6.80. The van der Waals surface area contributed by atoms with Gasteiger partial charge in [0.1, 0.15) is 0 Å². The summed E-state index contributed by atoms with van der Waals surface area (Å²) < 4.78 is 0. The van der Waals surface area contributed by atoms with Gasteiger partial charge >= 0.3 is 5.69 Å². The van der Waals surface area contributed by atoms with Crippen LogP contribution >= 0.6 is 0 Å². The van der Waals surface area contributed by atoms with Gasteiger partial charge in [-0.05, 0) is 17.0 Å². The van der Waals surface area contributed by atoms with Gasteiger partial charge in [-0.15, -0.1) is 0 Å². The van der Waals surface area contributed by atoms with Crippen LogP contribution in [0.5, 0.6) is 0 Å². The van der Waals surface area contributed by atoms with Gasteiger partial charge in [0.2, 0.25) is 5.82 Å². The molecular formula is C16H19N3O2. The molecule has 0 bridgehead atoms. The standard InChI is InChI=1S/C16H19N3O2/c1-16(2,3)14(12-8-5-4-6-9-12)18-15-13(19(20)21)10-7-11-17-15/h4-11,14H,1-3H3,(H,17,18). The molecule has 2 rings (SSSR count). The summed E-state index contributed by atoms with van der Waals surface area (Å²) in [5, 5.41) is 14.3. The second kappa shape index (κ2) is 5.91. The number of hydrogen-bond acceptors (Lipinski definition) is 4. The van der Waals surface area contributed by atoms with Gasteiger partial charge in [-0.25, -0.2) is 4.98 Å². The number of nitrogens with zero attached hydrogens (tertiary/aromatic N) is 2. The number of aromatic nitrogens is 1. The zero-order chi connectivity index (χ0) is 15.5. The van der Waals surface area contributed by atoms with Crippen LogP contribution in [0.25, 0.3) is 0 Å². The minimum absolute atomic E-state index is 0.0114. The van der Waals surface area contributed by atoms with Gasteiger partial charge in [0.25, 0.3) is 0 Å². The molecule has 0 aliphatic carbocycles. The molecule has 1 aromatic heterocycles. The average Bonchev–Trinajstić information content (AvgIpc) is 2.44. The molecule has 1 unspecified atom stereocenters. The molecule has 21 heavy (non-hydrogen) atoms. The molecule has 0 spiro atoms. The van der Waals surface area contributed by atoms with Crippen molar-refractivity contribution in [2.45, 2.75) is 26.8 Å². The third-order valence-corrected chi connectivity index (χ3v) is 3.26. The van der Waals surface area contributed by atoms with Gasteiger partial charge in [0, 0.05) is 12.3 Å². The molecule has 1 heterocycles. The van der Waals surface area contributed by atoms with Crippen molar-refractivity contribution in [3.63, 3.8) is 0 Å². The Hall–Kier alpha value is -2.43. The lowest BCUT2D eigenvalue weighted by Crippen LogP contribution is -2.26. The summed E-state index contributed by atoms with van der Waals surface area (Å²) in [5.41, 5.74) is 0.944. The van der Waals surface area contributed by atoms with Crippen LogP contribution in [0.2, 0.25) is 0 Å². The van der Waals surface area contributed by atoms with Gasteiger partial charge < -0.3 is 5.32 Å². The molecule has 0 saturated carbocycles. The van der Waals surface area contributed by atoms with E-state index < -0.39 is 4.92 Å². The van der Waals surface area contributed by atoms with E-state index in [-0.39, 0.29) is 17.1 Å². The van der Waals surface area contributed by atoms with Crippen LogP contribution < -0.4 is 5.32 Å². The lowest BCUT2D eigenvalue weighted by Gasteiger charge is -2.32. The maximum Gasteiger partial charge on any atom is 0.311 e. The fourth-order valence-electron chi connectivity index (χ4n) is 2.24. The first-order chi connectivity index (χ1) is 9.89. The second-order valence-electron chi connectivity index (χ2n) is 5.98. The summed E-state index contributed by atoms with van der Waals surface area (Å²) in [5.74, 6) is 0.297. The largest absolute Gasteiger partial charge is 0.357 e. The molecule has 1 atom stereocenters. The highest BCUT2D eigenvalue weighted by atomic mass is 16.6. The normalized spacial score (nSPS) is 12.7. The van der Waals surface area contributed by atoms with E-state index in [2.05, 4.69) is 31.1 Å². The highest BCUT2D eigenvalue weighted by Crippen LogP contribution is 2.37. The van der Waals surface area contributed by atoms with E-state index >= 15 is 0 Å². The van der Waals surface area contributed by atoms with Crippen LogP contribution in [0.3, 0.4) is 0 Å². The monoisotopic (exact) mass is 285 g/mol. The summed E-state index contributed by atoms with van der Waals surface area (Å²) in [6.45, 7) is 6.27. The topological polar surface area (TPSA) is 68.1 Å². The maximum atomic E-state index is 11.1. The van der Waals surface area contributed by atoms with Crippen molar-refractivity contribution >= 4 is 11.5 Å². The number of nitrogens with one attached hydrogen (secondary N) is 1. The van der Waals surface area contributed by atoms with Crippen LogP contribution in [0.4, 0.5) is 11.5 Å². The third-order valence-electron chi connectivity index (χ3n) is 3.26. The molecule has 0 aliphatic rings. The molecule has 1 N–H and O–H groups in total. The number of hydrogen-bond donors (Lipinski definition) is 1. The molecule has 0 radical (unpaired) electrons. The molecule has 0 fully saturated rings. The van der Waals surface area contributed by atoms with Gasteiger partial charge in [-0.3, -0.25) is 10.1 Å². The number of pyridine rings is 1. The summed E-state index contributed by atoms with van der Waals surface area (Å²) in [6.07, 6.45) is 1.56. The number of rotatable bonds is 4. The number of nitro groups is 1. The average molecular weight is 285 g/mol. The Kier molecular flexibility index (Phi) is 4.21.